The summed E-state index contributed by atoms with van der Waals surface area (Å²) in [5.74, 6) is 1.68. The van der Waals surface area contributed by atoms with Crippen molar-refractivity contribution in [2.24, 2.45) is 11.7 Å². The summed E-state index contributed by atoms with van der Waals surface area (Å²) in [6, 6.07) is 8.45. The number of primary amides is 1. The van der Waals surface area contributed by atoms with Crippen LogP contribution in [0.25, 0.3) is 22.2 Å². The van der Waals surface area contributed by atoms with Crippen LogP contribution in [0.4, 0.5) is 5.82 Å². The molecule has 1 aromatic carbocycles. The number of ether oxygens (including phenoxy) is 2. The van der Waals surface area contributed by atoms with Crippen LogP contribution in [0.1, 0.15) is 57.4 Å². The van der Waals surface area contributed by atoms with E-state index in [1.807, 2.05) is 12.1 Å². The van der Waals surface area contributed by atoms with Crippen molar-refractivity contribution in [1.82, 2.24) is 19.4 Å². The van der Waals surface area contributed by atoms with Gasteiger partial charge in [0.2, 0.25) is 5.91 Å². The van der Waals surface area contributed by atoms with Crippen molar-refractivity contribution in [1.29, 1.82) is 0 Å². The third-order valence-electron chi connectivity index (χ3n) is 9.34. The number of carbonyl (C=O) groups is 1. The van der Waals surface area contributed by atoms with Crippen LogP contribution < -0.4 is 16.2 Å². The molecule has 3 saturated heterocycles. The Morgan fingerprint density at radius 3 is 2.79 bits per heavy atom. The number of hydrogen-bond acceptors (Lipinski definition) is 7. The van der Waals surface area contributed by atoms with Gasteiger partial charge >= 0.3 is 0 Å². The van der Waals surface area contributed by atoms with E-state index >= 15 is 0 Å². The molecule has 1 amide bonds. The Kier molecular flexibility index (Phi) is 5.81. The average molecular weight is 517 g/mol. The van der Waals surface area contributed by atoms with Crippen molar-refractivity contribution >= 4 is 22.8 Å². The zero-order valence-corrected chi connectivity index (χ0v) is 21.7. The number of nitrogens with two attached hydrogens (primary N) is 2. The Labute approximate surface area is 222 Å². The van der Waals surface area contributed by atoms with Gasteiger partial charge in [-0.05, 0) is 81.5 Å². The Balaban J connectivity index is 1.10. The summed E-state index contributed by atoms with van der Waals surface area (Å²) in [6.07, 6.45) is 12.6. The van der Waals surface area contributed by atoms with Gasteiger partial charge in [-0.3, -0.25) is 9.69 Å². The topological polar surface area (TPSA) is 122 Å². The van der Waals surface area contributed by atoms with Gasteiger partial charge in [-0.25, -0.2) is 9.97 Å². The van der Waals surface area contributed by atoms with Crippen LogP contribution in [0.3, 0.4) is 0 Å². The number of nitrogen functional groups attached to an aromatic ring is 1. The smallest absolute Gasteiger partial charge is 0.234 e. The summed E-state index contributed by atoms with van der Waals surface area (Å²) >= 11 is 0. The zero-order valence-electron chi connectivity index (χ0n) is 21.7. The molecule has 3 aliphatic heterocycles. The lowest BCUT2D eigenvalue weighted by atomic mass is 9.79. The van der Waals surface area contributed by atoms with Crippen molar-refractivity contribution in [3.05, 3.63) is 36.8 Å². The summed E-state index contributed by atoms with van der Waals surface area (Å²) in [7, 11) is 0. The molecule has 3 aromatic rings. The molecule has 2 bridgehead atoms. The summed E-state index contributed by atoms with van der Waals surface area (Å²) in [5.41, 5.74) is 14.9. The maximum atomic E-state index is 11.8. The molecule has 9 heteroatoms. The fraction of sp³-hybridized carbons (Fsp3) is 0.552. The van der Waals surface area contributed by atoms with Crippen molar-refractivity contribution in [3.8, 4) is 16.9 Å². The van der Waals surface area contributed by atoms with E-state index in [0.29, 0.717) is 30.5 Å². The van der Waals surface area contributed by atoms with E-state index in [0.717, 1.165) is 92.4 Å². The fourth-order valence-corrected chi connectivity index (χ4v) is 7.23. The second-order valence-electron chi connectivity index (χ2n) is 11.8. The number of amides is 1. The van der Waals surface area contributed by atoms with Gasteiger partial charge in [0, 0.05) is 24.3 Å². The first-order valence-corrected chi connectivity index (χ1v) is 14.0. The Morgan fingerprint density at radius 2 is 2.03 bits per heavy atom. The molecule has 200 valence electrons. The largest absolute Gasteiger partial charge is 0.491 e. The third-order valence-corrected chi connectivity index (χ3v) is 9.34. The van der Waals surface area contributed by atoms with Crippen LogP contribution in [0, 0.1) is 5.92 Å². The van der Waals surface area contributed by atoms with Crippen molar-refractivity contribution < 1.29 is 14.3 Å². The minimum atomic E-state index is -0.194. The number of likely N-dealkylation sites (tertiary alicyclic amines) is 1. The number of benzene rings is 1. The molecule has 4 aliphatic rings. The SMILES string of the molecule is NC(=O)[C@H]1CCCN1C[C@H]1C[C@H](n2cc(-c3cccc(OCC45CCC(CC4)O5)c3)c3c(N)ncnc32)C1. The standard InChI is InChI=1S/C29H36N6O3/c30-26-25-23(19-3-1-4-22(13-19)37-16-29-8-6-21(38-29)7-9-29)15-35(28(25)33-17-32-26)20-11-18(12-20)14-34-10-2-5-24(34)27(31)36/h1,3-4,13,15,17-18,20-21,24H,2,5-12,14,16H2,(H2,31,36)(H2,30,32,33)/t18-,20-,21?,24-,29?/m1/s1. The first kappa shape index (κ1) is 23.9. The molecule has 0 radical (unpaired) electrons. The van der Waals surface area contributed by atoms with E-state index in [1.54, 1.807) is 6.33 Å². The zero-order chi connectivity index (χ0) is 25.9. The molecule has 38 heavy (non-hydrogen) atoms. The van der Waals surface area contributed by atoms with Crippen molar-refractivity contribution in [2.45, 2.75) is 75.2 Å². The minimum Gasteiger partial charge on any atom is -0.491 e. The third kappa shape index (κ3) is 4.12. The van der Waals surface area contributed by atoms with Gasteiger partial charge in [-0.15, -0.1) is 0 Å². The first-order chi connectivity index (χ1) is 18.5. The molecule has 4 N–H and O–H groups in total. The Bertz CT molecular complexity index is 1360. The van der Waals surface area contributed by atoms with Crippen LogP contribution in [-0.2, 0) is 9.53 Å². The lowest BCUT2D eigenvalue weighted by Crippen LogP contribution is -2.44. The molecular weight excluding hydrogens is 480 g/mol. The van der Waals surface area contributed by atoms with Gasteiger partial charge in [-0.2, -0.15) is 0 Å². The summed E-state index contributed by atoms with van der Waals surface area (Å²) < 4.78 is 14.7. The maximum Gasteiger partial charge on any atom is 0.234 e. The second kappa shape index (κ2) is 9.24. The number of nitrogens with zero attached hydrogens (tertiary/aromatic N) is 4. The van der Waals surface area contributed by atoms with Gasteiger partial charge in [0.25, 0.3) is 0 Å². The molecular formula is C29H36N6O3. The predicted octanol–water partition coefficient (Wildman–Crippen LogP) is 3.67. The Morgan fingerprint density at radius 1 is 1.18 bits per heavy atom. The first-order valence-electron chi connectivity index (χ1n) is 14.0. The molecule has 7 rings (SSSR count). The van der Waals surface area contributed by atoms with Gasteiger partial charge in [0.05, 0.1) is 17.5 Å². The van der Waals surface area contributed by atoms with Gasteiger partial charge in [0.15, 0.2) is 0 Å². The molecule has 5 heterocycles. The molecule has 0 spiro atoms. The molecule has 4 fully saturated rings. The maximum absolute atomic E-state index is 11.8. The molecule has 1 aliphatic carbocycles. The van der Waals surface area contributed by atoms with Crippen LogP contribution in [0.5, 0.6) is 5.75 Å². The lowest BCUT2D eigenvalue weighted by Gasteiger charge is -2.39. The van der Waals surface area contributed by atoms with Crippen LogP contribution >= 0.6 is 0 Å². The summed E-state index contributed by atoms with van der Waals surface area (Å²) in [5, 5.41) is 0.887. The highest BCUT2D eigenvalue weighted by molar-refractivity contribution is 6.00. The highest BCUT2D eigenvalue weighted by atomic mass is 16.6. The predicted molar refractivity (Wildman–Crippen MR) is 144 cm³/mol. The number of aromatic nitrogens is 3. The van der Waals surface area contributed by atoms with Gasteiger partial charge in [0.1, 0.15) is 35.7 Å². The monoisotopic (exact) mass is 516 g/mol. The van der Waals surface area contributed by atoms with Crippen LogP contribution in [0.2, 0.25) is 0 Å². The van der Waals surface area contributed by atoms with Crippen LogP contribution in [0.15, 0.2) is 36.8 Å². The highest BCUT2D eigenvalue weighted by Gasteiger charge is 2.46. The fourth-order valence-electron chi connectivity index (χ4n) is 7.23. The van der Waals surface area contributed by atoms with E-state index in [-0.39, 0.29) is 17.6 Å². The van der Waals surface area contributed by atoms with E-state index in [4.69, 9.17) is 20.9 Å². The van der Waals surface area contributed by atoms with Crippen LogP contribution in [-0.4, -0.2) is 62.8 Å². The van der Waals surface area contributed by atoms with E-state index in [2.05, 4.69) is 37.8 Å². The molecule has 1 atom stereocenters. The normalized spacial score (nSPS) is 30.6. The summed E-state index contributed by atoms with van der Waals surface area (Å²) in [6.45, 7) is 2.48. The molecule has 9 nitrogen and oxygen atoms in total. The number of anilines is 1. The van der Waals surface area contributed by atoms with Crippen molar-refractivity contribution in [3.63, 3.8) is 0 Å². The van der Waals surface area contributed by atoms with E-state index < -0.39 is 0 Å². The molecule has 2 aromatic heterocycles. The quantitative estimate of drug-likeness (QED) is 0.468. The average Bonchev–Trinajstić information content (AvgIpc) is 3.68. The highest BCUT2D eigenvalue weighted by Crippen LogP contribution is 2.45. The van der Waals surface area contributed by atoms with Crippen molar-refractivity contribution in [2.75, 3.05) is 25.4 Å². The van der Waals surface area contributed by atoms with Gasteiger partial charge in [-0.1, -0.05) is 12.1 Å². The second-order valence-corrected chi connectivity index (χ2v) is 11.8. The molecule has 0 unspecified atom stereocenters. The van der Waals surface area contributed by atoms with E-state index in [9.17, 15) is 4.79 Å². The lowest BCUT2D eigenvalue weighted by molar-refractivity contribution is -0.122. The minimum absolute atomic E-state index is 0.106. The Hall–Kier alpha value is -3.17. The van der Waals surface area contributed by atoms with Gasteiger partial charge < -0.3 is 25.5 Å². The number of fused-ring (bicyclic) bond motifs is 3. The number of carbonyl (C=O) groups excluding carboxylic acids is 1. The number of rotatable bonds is 8. The van der Waals surface area contributed by atoms with E-state index in [1.165, 1.54) is 0 Å². The molecule has 1 saturated carbocycles. The summed E-state index contributed by atoms with van der Waals surface area (Å²) in [4.78, 5) is 23.0. The number of hydrogen-bond donors (Lipinski definition) is 2.